The molecule has 0 bridgehead atoms. The second-order valence-electron chi connectivity index (χ2n) is 7.43. The van der Waals surface area contributed by atoms with Crippen molar-refractivity contribution >= 4 is 22.8 Å². The van der Waals surface area contributed by atoms with Gasteiger partial charge in [-0.3, -0.25) is 19.1 Å². The summed E-state index contributed by atoms with van der Waals surface area (Å²) in [7, 11) is 0. The third kappa shape index (κ3) is 3.65. The van der Waals surface area contributed by atoms with Crippen LogP contribution in [0.3, 0.4) is 0 Å². The Bertz CT molecular complexity index is 1130. The molecule has 150 valence electrons. The lowest BCUT2D eigenvalue weighted by molar-refractivity contribution is -0.124. The molecule has 8 heteroatoms. The Morgan fingerprint density at radius 3 is 2.86 bits per heavy atom. The molecule has 0 radical (unpaired) electrons. The Hall–Kier alpha value is -3.42. The van der Waals surface area contributed by atoms with Gasteiger partial charge in [0.1, 0.15) is 5.58 Å². The molecule has 2 N–H and O–H groups in total. The molecule has 3 aromatic rings. The number of hydrogen-bond donors (Lipinski definition) is 2. The van der Waals surface area contributed by atoms with Crippen LogP contribution in [0.2, 0.25) is 0 Å². The van der Waals surface area contributed by atoms with Crippen LogP contribution in [-0.4, -0.2) is 27.6 Å². The lowest BCUT2D eigenvalue weighted by Crippen LogP contribution is -2.50. The van der Waals surface area contributed by atoms with Gasteiger partial charge >= 0.3 is 0 Å². The highest BCUT2D eigenvalue weighted by atomic mass is 16.3. The number of hydrogen-bond acceptors (Lipinski definition) is 5. The van der Waals surface area contributed by atoms with E-state index in [1.807, 2.05) is 24.6 Å². The van der Waals surface area contributed by atoms with Gasteiger partial charge < -0.3 is 15.1 Å². The number of benzene rings is 1. The molecule has 8 nitrogen and oxygen atoms in total. The Morgan fingerprint density at radius 1 is 1.28 bits per heavy atom. The summed E-state index contributed by atoms with van der Waals surface area (Å²) in [5.41, 5.74) is 0.901. The van der Waals surface area contributed by atoms with Gasteiger partial charge in [-0.25, -0.2) is 0 Å². The molecular formula is C21H22N4O4. The average Bonchev–Trinajstić information content (AvgIpc) is 3.19. The summed E-state index contributed by atoms with van der Waals surface area (Å²) < 4.78 is 7.46. The number of carbonyl (C=O) groups excluding carboxylic acids is 2. The number of fused-ring (bicyclic) bond motifs is 1. The second-order valence-corrected chi connectivity index (χ2v) is 7.43. The van der Waals surface area contributed by atoms with E-state index in [-0.39, 0.29) is 29.2 Å². The SMILES string of the molecule is CC(C)n1nccc1[C@@H]1NC(=O)CC[C@H]1NC(=O)c1cc(=O)c2ccccc2o1. The molecule has 4 rings (SSSR count). The first kappa shape index (κ1) is 18.9. The molecule has 2 amide bonds. The summed E-state index contributed by atoms with van der Waals surface area (Å²) in [6.45, 7) is 4.00. The Kier molecular flexibility index (Phi) is 4.92. The van der Waals surface area contributed by atoms with Crippen molar-refractivity contribution in [3.8, 4) is 0 Å². The summed E-state index contributed by atoms with van der Waals surface area (Å²) in [4.78, 5) is 37.2. The van der Waals surface area contributed by atoms with Gasteiger partial charge in [-0.1, -0.05) is 12.1 Å². The monoisotopic (exact) mass is 394 g/mol. The molecule has 29 heavy (non-hydrogen) atoms. The Morgan fingerprint density at radius 2 is 2.07 bits per heavy atom. The van der Waals surface area contributed by atoms with Gasteiger partial charge in [0.25, 0.3) is 5.91 Å². The van der Waals surface area contributed by atoms with E-state index in [2.05, 4.69) is 15.7 Å². The predicted molar refractivity (Wildman–Crippen MR) is 106 cm³/mol. The first-order chi connectivity index (χ1) is 13.9. The van der Waals surface area contributed by atoms with Crippen molar-refractivity contribution < 1.29 is 14.0 Å². The lowest BCUT2D eigenvalue weighted by Gasteiger charge is -2.33. The second kappa shape index (κ2) is 7.54. The first-order valence-electron chi connectivity index (χ1n) is 9.60. The van der Waals surface area contributed by atoms with Crippen LogP contribution >= 0.6 is 0 Å². The highest BCUT2D eigenvalue weighted by Crippen LogP contribution is 2.26. The van der Waals surface area contributed by atoms with E-state index < -0.39 is 11.9 Å². The number of rotatable bonds is 4. The lowest BCUT2D eigenvalue weighted by atomic mass is 9.95. The summed E-state index contributed by atoms with van der Waals surface area (Å²) in [6.07, 6.45) is 2.46. The molecular weight excluding hydrogens is 372 g/mol. The zero-order chi connectivity index (χ0) is 20.5. The number of aromatic nitrogens is 2. The molecule has 1 fully saturated rings. The number of para-hydroxylation sites is 1. The summed E-state index contributed by atoms with van der Waals surface area (Å²) >= 11 is 0. The minimum absolute atomic E-state index is 0.0540. The summed E-state index contributed by atoms with van der Waals surface area (Å²) in [5.74, 6) is -0.620. The molecule has 3 heterocycles. The van der Waals surface area contributed by atoms with Crippen LogP contribution in [-0.2, 0) is 4.79 Å². The van der Waals surface area contributed by atoms with Crippen molar-refractivity contribution in [3.05, 3.63) is 64.3 Å². The van der Waals surface area contributed by atoms with Crippen molar-refractivity contribution in [2.24, 2.45) is 0 Å². The third-order valence-corrected chi connectivity index (χ3v) is 5.08. The van der Waals surface area contributed by atoms with Gasteiger partial charge in [0.15, 0.2) is 11.2 Å². The van der Waals surface area contributed by atoms with Crippen molar-refractivity contribution in [2.45, 2.75) is 44.8 Å². The van der Waals surface area contributed by atoms with E-state index >= 15 is 0 Å². The maximum Gasteiger partial charge on any atom is 0.287 e. The van der Waals surface area contributed by atoms with Crippen molar-refractivity contribution in [1.29, 1.82) is 0 Å². The van der Waals surface area contributed by atoms with Crippen molar-refractivity contribution in [1.82, 2.24) is 20.4 Å². The molecule has 1 aromatic carbocycles. The summed E-state index contributed by atoms with van der Waals surface area (Å²) in [5, 5.41) is 10.6. The van der Waals surface area contributed by atoms with Gasteiger partial charge in [0.05, 0.1) is 23.2 Å². The molecule has 0 aliphatic carbocycles. The quantitative estimate of drug-likeness (QED) is 0.706. The van der Waals surface area contributed by atoms with Crippen molar-refractivity contribution in [3.63, 3.8) is 0 Å². The van der Waals surface area contributed by atoms with E-state index in [4.69, 9.17) is 4.42 Å². The number of nitrogens with zero attached hydrogens (tertiary/aromatic N) is 2. The van der Waals surface area contributed by atoms with Crippen LogP contribution in [0.5, 0.6) is 0 Å². The average molecular weight is 394 g/mol. The zero-order valence-electron chi connectivity index (χ0n) is 16.2. The highest BCUT2D eigenvalue weighted by Gasteiger charge is 2.34. The molecule has 0 unspecified atom stereocenters. The molecule has 1 aliphatic rings. The smallest absolute Gasteiger partial charge is 0.287 e. The van der Waals surface area contributed by atoms with Crippen molar-refractivity contribution in [2.75, 3.05) is 0 Å². The van der Waals surface area contributed by atoms with E-state index in [0.717, 1.165) is 5.69 Å². The van der Waals surface area contributed by atoms with E-state index in [0.29, 0.717) is 23.8 Å². The largest absolute Gasteiger partial charge is 0.451 e. The molecule has 2 aromatic heterocycles. The molecule has 0 saturated carbocycles. The van der Waals surface area contributed by atoms with Gasteiger partial charge in [0.2, 0.25) is 5.91 Å². The standard InChI is InChI=1S/C21H22N4O4/c1-12(2)25-15(9-10-22-25)20-14(7-8-19(27)24-20)23-21(28)18-11-16(26)13-5-3-4-6-17(13)29-18/h3-6,9-12,14,20H,7-8H2,1-2H3,(H,23,28)(H,24,27)/t14-,20-/m1/s1. The molecule has 2 atom stereocenters. The molecule has 0 spiro atoms. The van der Waals surface area contributed by atoms with Crippen LogP contribution in [0.4, 0.5) is 0 Å². The summed E-state index contributed by atoms with van der Waals surface area (Å²) in [6, 6.07) is 9.16. The molecule has 1 saturated heterocycles. The van der Waals surface area contributed by atoms with E-state index in [9.17, 15) is 14.4 Å². The first-order valence-corrected chi connectivity index (χ1v) is 9.60. The van der Waals surface area contributed by atoms with Gasteiger partial charge in [-0.2, -0.15) is 5.10 Å². The van der Waals surface area contributed by atoms with Gasteiger partial charge in [0, 0.05) is 24.7 Å². The zero-order valence-corrected chi connectivity index (χ0v) is 16.2. The normalized spacial score (nSPS) is 19.3. The van der Waals surface area contributed by atoms with Gasteiger partial charge in [-0.05, 0) is 38.5 Å². The number of carbonyl (C=O) groups is 2. The van der Waals surface area contributed by atoms with E-state index in [1.165, 1.54) is 6.07 Å². The Labute approximate surface area is 166 Å². The number of piperidine rings is 1. The minimum Gasteiger partial charge on any atom is -0.451 e. The maximum absolute atomic E-state index is 12.8. The number of nitrogens with one attached hydrogen (secondary N) is 2. The third-order valence-electron chi connectivity index (χ3n) is 5.08. The predicted octanol–water partition coefficient (Wildman–Crippen LogP) is 2.32. The van der Waals surface area contributed by atoms with Crippen LogP contribution in [0.1, 0.15) is 55.0 Å². The maximum atomic E-state index is 12.8. The fourth-order valence-corrected chi connectivity index (χ4v) is 3.69. The van der Waals surface area contributed by atoms with Gasteiger partial charge in [-0.15, -0.1) is 0 Å². The molecule has 1 aliphatic heterocycles. The van der Waals surface area contributed by atoms with Crippen LogP contribution in [0.25, 0.3) is 11.0 Å². The van der Waals surface area contributed by atoms with Crippen LogP contribution < -0.4 is 16.1 Å². The minimum atomic E-state index is -0.491. The fourth-order valence-electron chi connectivity index (χ4n) is 3.69. The van der Waals surface area contributed by atoms with Crippen LogP contribution in [0.15, 0.2) is 51.8 Å². The van der Waals surface area contributed by atoms with Crippen LogP contribution in [0, 0.1) is 0 Å². The topological polar surface area (TPSA) is 106 Å². The fraction of sp³-hybridized carbons (Fsp3) is 0.333. The van der Waals surface area contributed by atoms with E-state index in [1.54, 1.807) is 30.5 Å². The number of amides is 2. The Balaban J connectivity index is 1.63. The highest BCUT2D eigenvalue weighted by molar-refractivity contribution is 5.93.